The van der Waals surface area contributed by atoms with Gasteiger partial charge in [0.2, 0.25) is 0 Å². The van der Waals surface area contributed by atoms with Gasteiger partial charge < -0.3 is 11.5 Å². The van der Waals surface area contributed by atoms with E-state index < -0.39 is 11.7 Å². The van der Waals surface area contributed by atoms with Crippen LogP contribution in [0.25, 0.3) is 0 Å². The molecule has 0 atom stereocenters. The minimum Gasteiger partial charge on any atom is -0.330 e. The predicted octanol–water partition coefficient (Wildman–Crippen LogP) is 3.01. The first-order valence-electron chi connectivity index (χ1n) is 6.56. The Labute approximate surface area is 112 Å². The number of alkyl halides is 3. The second kappa shape index (κ2) is 6.91. The summed E-state index contributed by atoms with van der Waals surface area (Å²) < 4.78 is 39.1. The number of halogens is 3. The normalized spacial score (nSPS) is 11.9. The fraction of sp³-hybridized carbons (Fsp3) is 0.571. The van der Waals surface area contributed by atoms with Gasteiger partial charge in [-0.2, -0.15) is 13.2 Å². The number of rotatable bonds is 6. The molecule has 1 aromatic rings. The molecule has 0 radical (unpaired) electrons. The molecule has 0 aliphatic carbocycles. The van der Waals surface area contributed by atoms with E-state index in [-0.39, 0.29) is 12.1 Å². The van der Waals surface area contributed by atoms with Gasteiger partial charge in [-0.3, -0.25) is 0 Å². The molecule has 2 nitrogen and oxygen atoms in total. The van der Waals surface area contributed by atoms with Crippen LogP contribution < -0.4 is 11.5 Å². The van der Waals surface area contributed by atoms with Gasteiger partial charge in [-0.15, -0.1) is 0 Å². The number of nitrogens with two attached hydrogens (primary N) is 2. The molecule has 0 heterocycles. The fourth-order valence-corrected chi connectivity index (χ4v) is 2.26. The number of hydrogen-bond acceptors (Lipinski definition) is 2. The third-order valence-electron chi connectivity index (χ3n) is 3.17. The molecule has 0 saturated carbocycles. The summed E-state index contributed by atoms with van der Waals surface area (Å²) in [5.74, 6) is 0. The van der Waals surface area contributed by atoms with E-state index in [0.29, 0.717) is 18.5 Å². The van der Waals surface area contributed by atoms with E-state index >= 15 is 0 Å². The lowest BCUT2D eigenvalue weighted by molar-refractivity contribution is -0.138. The van der Waals surface area contributed by atoms with Crippen molar-refractivity contribution in [3.05, 3.63) is 34.4 Å². The summed E-state index contributed by atoms with van der Waals surface area (Å²) in [6, 6.07) is 3.23. The Morgan fingerprint density at radius 3 is 2.16 bits per heavy atom. The summed E-state index contributed by atoms with van der Waals surface area (Å²) in [6.45, 7) is 2.24. The van der Waals surface area contributed by atoms with Crippen molar-refractivity contribution >= 4 is 0 Å². The molecule has 1 aromatic carbocycles. The summed E-state index contributed by atoms with van der Waals surface area (Å²) in [6.07, 6.45) is -1.48. The van der Waals surface area contributed by atoms with Gasteiger partial charge in [-0.25, -0.2) is 0 Å². The molecule has 0 amide bonds. The molecule has 19 heavy (non-hydrogen) atoms. The second-order valence-electron chi connectivity index (χ2n) is 4.59. The molecule has 0 aliphatic rings. The van der Waals surface area contributed by atoms with Crippen LogP contribution in [0, 0.1) is 0 Å². The Hall–Kier alpha value is -1.07. The van der Waals surface area contributed by atoms with Crippen LogP contribution >= 0.6 is 0 Å². The summed E-state index contributed by atoms with van der Waals surface area (Å²) >= 11 is 0. The van der Waals surface area contributed by atoms with Gasteiger partial charge in [0, 0.05) is 6.54 Å². The molecule has 108 valence electrons. The van der Waals surface area contributed by atoms with Crippen molar-refractivity contribution < 1.29 is 13.2 Å². The Balaban J connectivity index is 3.13. The minimum absolute atomic E-state index is 0.0907. The van der Waals surface area contributed by atoms with E-state index in [4.69, 9.17) is 11.5 Å². The van der Waals surface area contributed by atoms with Gasteiger partial charge in [0.05, 0.1) is 5.56 Å². The van der Waals surface area contributed by atoms with Crippen molar-refractivity contribution in [1.82, 2.24) is 0 Å². The van der Waals surface area contributed by atoms with Crippen LogP contribution in [0.15, 0.2) is 12.1 Å². The molecule has 0 aromatic heterocycles. The van der Waals surface area contributed by atoms with Gasteiger partial charge in [0.15, 0.2) is 0 Å². The molecule has 0 unspecified atom stereocenters. The molecule has 5 heteroatoms. The molecule has 0 fully saturated rings. The predicted molar refractivity (Wildman–Crippen MR) is 70.7 cm³/mol. The van der Waals surface area contributed by atoms with Crippen LogP contribution in [0.2, 0.25) is 0 Å². The topological polar surface area (TPSA) is 52.0 Å². The smallest absolute Gasteiger partial charge is 0.330 e. The Morgan fingerprint density at radius 2 is 1.68 bits per heavy atom. The number of hydrogen-bond donors (Lipinski definition) is 2. The maximum atomic E-state index is 13.0. The first kappa shape index (κ1) is 16.0. The first-order chi connectivity index (χ1) is 8.93. The lowest BCUT2D eigenvalue weighted by Crippen LogP contribution is -2.16. The maximum Gasteiger partial charge on any atom is 0.416 e. The summed E-state index contributed by atoms with van der Waals surface area (Å²) in [5.41, 5.74) is 11.8. The zero-order valence-electron chi connectivity index (χ0n) is 11.2. The van der Waals surface area contributed by atoms with E-state index in [1.54, 1.807) is 19.1 Å². The largest absolute Gasteiger partial charge is 0.416 e. The Morgan fingerprint density at radius 1 is 1.05 bits per heavy atom. The van der Waals surface area contributed by atoms with Crippen molar-refractivity contribution in [2.45, 2.75) is 45.3 Å². The molecule has 0 saturated heterocycles. The van der Waals surface area contributed by atoms with E-state index in [1.165, 1.54) is 0 Å². The van der Waals surface area contributed by atoms with E-state index in [2.05, 4.69) is 0 Å². The zero-order chi connectivity index (χ0) is 14.5. The quantitative estimate of drug-likeness (QED) is 0.783. The molecule has 0 spiro atoms. The van der Waals surface area contributed by atoms with Crippen LogP contribution in [0.1, 0.15) is 42.0 Å². The minimum atomic E-state index is -4.34. The average Bonchev–Trinajstić information content (AvgIpc) is 2.36. The summed E-state index contributed by atoms with van der Waals surface area (Å²) in [7, 11) is 0. The van der Waals surface area contributed by atoms with Gasteiger partial charge >= 0.3 is 6.18 Å². The van der Waals surface area contributed by atoms with Crippen molar-refractivity contribution in [2.75, 3.05) is 6.54 Å². The van der Waals surface area contributed by atoms with Gasteiger partial charge in [0.25, 0.3) is 0 Å². The van der Waals surface area contributed by atoms with Crippen LogP contribution in [0.5, 0.6) is 0 Å². The highest BCUT2D eigenvalue weighted by atomic mass is 19.4. The molecule has 4 N–H and O–H groups in total. The summed E-state index contributed by atoms with van der Waals surface area (Å²) in [4.78, 5) is 0. The van der Waals surface area contributed by atoms with E-state index in [0.717, 1.165) is 24.8 Å². The average molecular weight is 274 g/mol. The van der Waals surface area contributed by atoms with Crippen LogP contribution in [-0.2, 0) is 25.6 Å². The highest BCUT2D eigenvalue weighted by molar-refractivity contribution is 5.41. The number of unbranched alkanes of at least 4 members (excludes halogenated alkanes) is 1. The molecular formula is C14H21F3N2. The van der Waals surface area contributed by atoms with Crippen LogP contribution in [-0.4, -0.2) is 6.54 Å². The second-order valence-corrected chi connectivity index (χ2v) is 4.59. The standard InChI is InChI=1S/C14H21F3N2/c1-2-11-7-10(5-3-4-6-18)8-12(9-19)13(11)14(15,16)17/h7-8H,2-6,9,18-19H2,1H3. The molecule has 1 rings (SSSR count). The fourth-order valence-electron chi connectivity index (χ4n) is 2.26. The van der Waals surface area contributed by atoms with Crippen LogP contribution in [0.3, 0.4) is 0 Å². The zero-order valence-corrected chi connectivity index (χ0v) is 11.2. The molecule has 0 aliphatic heterocycles. The Bertz CT molecular complexity index is 389. The summed E-state index contributed by atoms with van der Waals surface area (Å²) in [5, 5.41) is 0. The van der Waals surface area contributed by atoms with Gasteiger partial charge in [-0.05, 0) is 48.9 Å². The van der Waals surface area contributed by atoms with Gasteiger partial charge in [0.1, 0.15) is 0 Å². The van der Waals surface area contributed by atoms with Crippen LogP contribution in [0.4, 0.5) is 13.2 Å². The maximum absolute atomic E-state index is 13.0. The molecular weight excluding hydrogens is 253 g/mol. The van der Waals surface area contributed by atoms with E-state index in [1.807, 2.05) is 0 Å². The van der Waals surface area contributed by atoms with E-state index in [9.17, 15) is 13.2 Å². The first-order valence-corrected chi connectivity index (χ1v) is 6.56. The van der Waals surface area contributed by atoms with Crippen molar-refractivity contribution in [3.8, 4) is 0 Å². The number of benzene rings is 1. The lowest BCUT2D eigenvalue weighted by Gasteiger charge is -2.18. The Kier molecular flexibility index (Phi) is 5.82. The van der Waals surface area contributed by atoms with Crippen molar-refractivity contribution in [1.29, 1.82) is 0 Å². The monoisotopic (exact) mass is 274 g/mol. The lowest BCUT2D eigenvalue weighted by atomic mass is 9.93. The number of aryl methyl sites for hydroxylation is 2. The SMILES string of the molecule is CCc1cc(CCCCN)cc(CN)c1C(F)(F)F. The highest BCUT2D eigenvalue weighted by Gasteiger charge is 2.35. The highest BCUT2D eigenvalue weighted by Crippen LogP contribution is 2.36. The third-order valence-corrected chi connectivity index (χ3v) is 3.17. The van der Waals surface area contributed by atoms with Crippen molar-refractivity contribution in [3.63, 3.8) is 0 Å². The molecule has 0 bridgehead atoms. The van der Waals surface area contributed by atoms with Crippen molar-refractivity contribution in [2.24, 2.45) is 11.5 Å². The van der Waals surface area contributed by atoms with Gasteiger partial charge in [-0.1, -0.05) is 19.1 Å². The third kappa shape index (κ3) is 4.21.